The summed E-state index contributed by atoms with van der Waals surface area (Å²) in [7, 11) is 0. The van der Waals surface area contributed by atoms with Crippen LogP contribution in [0.4, 0.5) is 4.79 Å². The summed E-state index contributed by atoms with van der Waals surface area (Å²) in [6, 6.07) is 6.84. The number of halogens is 1. The topological polar surface area (TPSA) is 58.6 Å². The molecule has 6 heteroatoms. The first-order chi connectivity index (χ1) is 11.6. The molecule has 2 rings (SSSR count). The predicted octanol–water partition coefficient (Wildman–Crippen LogP) is 4.11. The SMILES string of the molecule is CC1(CNC(=O)c2ccc(Cl)cc2)CCN(C(=O)OC(C)(C)C)CC1. The van der Waals surface area contributed by atoms with Crippen LogP contribution < -0.4 is 5.32 Å². The Hall–Kier alpha value is -1.75. The Bertz CT molecular complexity index is 615. The summed E-state index contributed by atoms with van der Waals surface area (Å²) in [6.45, 7) is 9.60. The molecule has 0 radical (unpaired) electrons. The maximum atomic E-state index is 12.2. The van der Waals surface area contributed by atoms with Crippen molar-refractivity contribution in [3.05, 3.63) is 34.9 Å². The van der Waals surface area contributed by atoms with Crippen LogP contribution in [0.15, 0.2) is 24.3 Å². The number of carbonyl (C=O) groups is 2. The minimum Gasteiger partial charge on any atom is -0.444 e. The van der Waals surface area contributed by atoms with E-state index in [-0.39, 0.29) is 17.4 Å². The minimum atomic E-state index is -0.482. The number of amides is 2. The van der Waals surface area contributed by atoms with Crippen molar-refractivity contribution in [3.8, 4) is 0 Å². The van der Waals surface area contributed by atoms with Crippen LogP contribution in [0.1, 0.15) is 50.9 Å². The van der Waals surface area contributed by atoms with Crippen molar-refractivity contribution >= 4 is 23.6 Å². The summed E-state index contributed by atoms with van der Waals surface area (Å²) in [5.41, 5.74) is 0.0875. The van der Waals surface area contributed by atoms with Gasteiger partial charge in [-0.25, -0.2) is 4.79 Å². The first kappa shape index (κ1) is 19.6. The first-order valence-corrected chi connectivity index (χ1v) is 8.98. The predicted molar refractivity (Wildman–Crippen MR) is 98.9 cm³/mol. The van der Waals surface area contributed by atoms with E-state index in [1.54, 1.807) is 29.2 Å². The average molecular weight is 367 g/mol. The Morgan fingerprint density at radius 1 is 1.20 bits per heavy atom. The summed E-state index contributed by atoms with van der Waals surface area (Å²) in [6.07, 6.45) is 1.39. The van der Waals surface area contributed by atoms with Gasteiger partial charge in [0.25, 0.3) is 5.91 Å². The second-order valence-corrected chi connectivity index (χ2v) is 8.40. The van der Waals surface area contributed by atoms with Crippen molar-refractivity contribution < 1.29 is 14.3 Å². The first-order valence-electron chi connectivity index (χ1n) is 8.60. The van der Waals surface area contributed by atoms with Crippen LogP contribution in [-0.2, 0) is 4.74 Å². The van der Waals surface area contributed by atoms with Crippen LogP contribution in [-0.4, -0.2) is 42.1 Å². The molecule has 25 heavy (non-hydrogen) atoms. The third kappa shape index (κ3) is 5.92. The number of rotatable bonds is 3. The molecule has 2 amide bonds. The molecule has 0 aromatic heterocycles. The quantitative estimate of drug-likeness (QED) is 0.875. The van der Waals surface area contributed by atoms with Crippen molar-refractivity contribution in [3.63, 3.8) is 0 Å². The van der Waals surface area contributed by atoms with Crippen LogP contribution in [0.2, 0.25) is 5.02 Å². The van der Waals surface area contributed by atoms with Crippen LogP contribution in [0.25, 0.3) is 0 Å². The van der Waals surface area contributed by atoms with Gasteiger partial charge in [0.1, 0.15) is 5.60 Å². The molecule has 1 saturated heterocycles. The molecule has 1 fully saturated rings. The summed E-state index contributed by atoms with van der Waals surface area (Å²) >= 11 is 5.84. The molecule has 1 aliphatic heterocycles. The third-order valence-electron chi connectivity index (χ3n) is 4.40. The Morgan fingerprint density at radius 2 is 1.76 bits per heavy atom. The number of nitrogens with one attached hydrogen (secondary N) is 1. The summed E-state index contributed by atoms with van der Waals surface area (Å²) in [5.74, 6) is -0.104. The molecule has 138 valence electrons. The van der Waals surface area contributed by atoms with Gasteiger partial charge < -0.3 is 15.0 Å². The number of benzene rings is 1. The highest BCUT2D eigenvalue weighted by Crippen LogP contribution is 2.30. The highest BCUT2D eigenvalue weighted by Gasteiger charge is 2.33. The molecule has 1 N–H and O–H groups in total. The monoisotopic (exact) mass is 366 g/mol. The van der Waals surface area contributed by atoms with Gasteiger partial charge in [0.2, 0.25) is 0 Å². The molecular formula is C19H27ClN2O3. The second-order valence-electron chi connectivity index (χ2n) is 7.97. The number of nitrogens with zero attached hydrogens (tertiary/aromatic N) is 1. The van der Waals surface area contributed by atoms with E-state index in [1.165, 1.54) is 0 Å². The van der Waals surface area contributed by atoms with Gasteiger partial charge in [-0.15, -0.1) is 0 Å². The molecule has 0 spiro atoms. The van der Waals surface area contributed by atoms with Crippen LogP contribution in [0, 0.1) is 5.41 Å². The van der Waals surface area contributed by atoms with E-state index in [0.29, 0.717) is 30.2 Å². The van der Waals surface area contributed by atoms with Gasteiger partial charge in [-0.2, -0.15) is 0 Å². The molecular weight excluding hydrogens is 340 g/mol. The smallest absolute Gasteiger partial charge is 0.410 e. The highest BCUT2D eigenvalue weighted by molar-refractivity contribution is 6.30. The summed E-state index contributed by atoms with van der Waals surface area (Å²) < 4.78 is 5.42. The van der Waals surface area contributed by atoms with E-state index >= 15 is 0 Å². The standard InChI is InChI=1S/C19H27ClN2O3/c1-18(2,3)25-17(24)22-11-9-19(4,10-12-22)13-21-16(23)14-5-7-15(20)8-6-14/h5-8H,9-13H2,1-4H3,(H,21,23). The summed E-state index contributed by atoms with van der Waals surface area (Å²) in [4.78, 5) is 26.1. The van der Waals surface area contributed by atoms with Crippen molar-refractivity contribution in [2.24, 2.45) is 5.41 Å². The molecule has 0 atom stereocenters. The largest absolute Gasteiger partial charge is 0.444 e. The average Bonchev–Trinajstić information content (AvgIpc) is 2.52. The highest BCUT2D eigenvalue weighted by atomic mass is 35.5. The van der Waals surface area contributed by atoms with E-state index in [2.05, 4.69) is 12.2 Å². The maximum absolute atomic E-state index is 12.2. The normalized spacial score (nSPS) is 17.1. The molecule has 0 saturated carbocycles. The van der Waals surface area contributed by atoms with Gasteiger partial charge in [0.15, 0.2) is 0 Å². The van der Waals surface area contributed by atoms with Crippen LogP contribution >= 0.6 is 11.6 Å². The van der Waals surface area contributed by atoms with Gasteiger partial charge >= 0.3 is 6.09 Å². The number of hydrogen-bond donors (Lipinski definition) is 1. The Balaban J connectivity index is 1.83. The number of piperidine rings is 1. The minimum absolute atomic E-state index is 0.0272. The second kappa shape index (κ2) is 7.65. The fourth-order valence-electron chi connectivity index (χ4n) is 2.73. The zero-order chi connectivity index (χ0) is 18.7. The van der Waals surface area contributed by atoms with Crippen molar-refractivity contribution in [2.45, 2.75) is 46.1 Å². The fraction of sp³-hybridized carbons (Fsp3) is 0.579. The lowest BCUT2D eigenvalue weighted by molar-refractivity contribution is 0.0118. The van der Waals surface area contributed by atoms with E-state index in [4.69, 9.17) is 16.3 Å². The maximum Gasteiger partial charge on any atom is 0.410 e. The molecule has 0 aliphatic carbocycles. The number of ether oxygens (including phenoxy) is 1. The molecule has 0 unspecified atom stereocenters. The van der Waals surface area contributed by atoms with Crippen molar-refractivity contribution in [1.29, 1.82) is 0 Å². The summed E-state index contributed by atoms with van der Waals surface area (Å²) in [5, 5.41) is 3.60. The van der Waals surface area contributed by atoms with E-state index in [9.17, 15) is 9.59 Å². The van der Waals surface area contributed by atoms with Crippen molar-refractivity contribution in [2.75, 3.05) is 19.6 Å². The Morgan fingerprint density at radius 3 is 2.28 bits per heavy atom. The zero-order valence-corrected chi connectivity index (χ0v) is 16.2. The lowest BCUT2D eigenvalue weighted by Crippen LogP contribution is -2.47. The molecule has 1 aromatic carbocycles. The van der Waals surface area contributed by atoms with Gasteiger partial charge in [0.05, 0.1) is 0 Å². The molecule has 0 bridgehead atoms. The van der Waals surface area contributed by atoms with E-state index in [0.717, 1.165) is 12.8 Å². The molecule has 5 nitrogen and oxygen atoms in total. The van der Waals surface area contributed by atoms with E-state index < -0.39 is 5.60 Å². The number of hydrogen-bond acceptors (Lipinski definition) is 3. The molecule has 1 aliphatic rings. The van der Waals surface area contributed by atoms with Gasteiger partial charge in [-0.1, -0.05) is 18.5 Å². The van der Waals surface area contributed by atoms with Gasteiger partial charge in [-0.3, -0.25) is 4.79 Å². The zero-order valence-electron chi connectivity index (χ0n) is 15.4. The number of likely N-dealkylation sites (tertiary alicyclic amines) is 1. The molecule has 1 aromatic rings. The van der Waals surface area contributed by atoms with E-state index in [1.807, 2.05) is 20.8 Å². The van der Waals surface area contributed by atoms with Crippen molar-refractivity contribution in [1.82, 2.24) is 10.2 Å². The van der Waals surface area contributed by atoms with Gasteiger partial charge in [0, 0.05) is 30.2 Å². The Labute approximate surface area is 154 Å². The number of carbonyl (C=O) groups excluding carboxylic acids is 2. The Kier molecular flexibility index (Phi) is 5.99. The third-order valence-corrected chi connectivity index (χ3v) is 4.66. The lowest BCUT2D eigenvalue weighted by atomic mass is 9.80. The van der Waals surface area contributed by atoms with Crippen LogP contribution in [0.3, 0.4) is 0 Å². The van der Waals surface area contributed by atoms with Gasteiger partial charge in [-0.05, 0) is 63.3 Å². The van der Waals surface area contributed by atoms with Crippen LogP contribution in [0.5, 0.6) is 0 Å². The fourth-order valence-corrected chi connectivity index (χ4v) is 2.86. The lowest BCUT2D eigenvalue weighted by Gasteiger charge is -2.39. The molecule has 1 heterocycles.